The summed E-state index contributed by atoms with van der Waals surface area (Å²) >= 11 is 0. The number of hydrogen-bond acceptors (Lipinski definition) is 0. The molecule has 1 heteroatoms. The molecule has 0 aliphatic heterocycles. The molecule has 0 aliphatic rings. The van der Waals surface area contributed by atoms with Gasteiger partial charge in [-0.1, -0.05) is 121 Å². The molecule has 8 rings (SSSR count). The number of rotatable bonds is 4. The van der Waals surface area contributed by atoms with E-state index in [4.69, 9.17) is 0 Å². The van der Waals surface area contributed by atoms with E-state index in [1.165, 1.54) is 60.1 Å². The summed E-state index contributed by atoms with van der Waals surface area (Å²) in [6.07, 6.45) is 0. The van der Waals surface area contributed by atoms with Gasteiger partial charge < -0.3 is 0 Å². The van der Waals surface area contributed by atoms with Crippen molar-refractivity contribution in [2.24, 2.45) is 0 Å². The summed E-state index contributed by atoms with van der Waals surface area (Å²) in [7, 11) is 0. The van der Waals surface area contributed by atoms with E-state index in [9.17, 15) is 0 Å². The monoisotopic (exact) mass is 619 g/mol. The molecule has 199 valence electrons. The van der Waals surface area contributed by atoms with Crippen molar-refractivity contribution < 1.29 is 32.7 Å². The van der Waals surface area contributed by atoms with Crippen LogP contribution >= 0.6 is 0 Å². The molecule has 0 saturated carbocycles. The van der Waals surface area contributed by atoms with Gasteiger partial charge in [-0.05, 0) is 54.6 Å². The molecule has 0 bridgehead atoms. The molecule has 0 saturated heterocycles. The van der Waals surface area contributed by atoms with Crippen molar-refractivity contribution in [1.82, 2.24) is 0 Å². The van der Waals surface area contributed by atoms with Crippen LogP contribution in [0.3, 0.4) is 0 Å². The Morgan fingerprint density at radius 1 is 0.349 bits per heavy atom. The molecule has 0 atom stereocenters. The van der Waals surface area contributed by atoms with Crippen LogP contribution in [-0.4, -0.2) is 0 Å². The maximum atomic E-state index is 3.73. The smallest absolute Gasteiger partial charge is 0 e. The molecule has 43 heavy (non-hydrogen) atoms. The summed E-state index contributed by atoms with van der Waals surface area (Å²) in [5, 5.41) is 7.49. The summed E-state index contributed by atoms with van der Waals surface area (Å²) < 4.78 is 0. The van der Waals surface area contributed by atoms with Crippen molar-refractivity contribution in [1.29, 1.82) is 0 Å². The summed E-state index contributed by atoms with van der Waals surface area (Å²) in [4.78, 5) is 0. The van der Waals surface area contributed by atoms with Crippen molar-refractivity contribution in [3.8, 4) is 44.5 Å². The van der Waals surface area contributed by atoms with Crippen LogP contribution in [0.4, 0.5) is 0 Å². The summed E-state index contributed by atoms with van der Waals surface area (Å²) in [5.74, 6) is 0. The van der Waals surface area contributed by atoms with Gasteiger partial charge in [-0.15, -0.1) is 23.8 Å². The van der Waals surface area contributed by atoms with Gasteiger partial charge in [0.05, 0.1) is 0 Å². The fourth-order valence-corrected chi connectivity index (χ4v) is 6.36. The van der Waals surface area contributed by atoms with Crippen LogP contribution in [0, 0.1) is 12.1 Å². The molecule has 1 radical (unpaired) electrons. The van der Waals surface area contributed by atoms with Crippen LogP contribution in [0.25, 0.3) is 76.8 Å². The van der Waals surface area contributed by atoms with Crippen LogP contribution in [0.5, 0.6) is 0 Å². The average molecular weight is 620 g/mol. The van der Waals surface area contributed by atoms with Crippen molar-refractivity contribution in [3.63, 3.8) is 0 Å². The Morgan fingerprint density at radius 2 is 0.860 bits per heavy atom. The summed E-state index contributed by atoms with van der Waals surface area (Å²) in [6.45, 7) is 0. The second-order valence-corrected chi connectivity index (χ2v) is 10.7. The third-order valence-electron chi connectivity index (χ3n) is 8.27. The zero-order valence-corrected chi connectivity index (χ0v) is 26.4. The van der Waals surface area contributed by atoms with Crippen molar-refractivity contribution in [3.05, 3.63) is 170 Å². The number of benzene rings is 8. The van der Waals surface area contributed by atoms with E-state index in [0.717, 1.165) is 16.7 Å². The Balaban J connectivity index is 0.00000300. The topological polar surface area (TPSA) is 0 Å². The molecule has 0 N–H and O–H groups in total. The van der Waals surface area contributed by atoms with Gasteiger partial charge in [-0.25, -0.2) is 5.56 Å². The van der Waals surface area contributed by atoms with Gasteiger partial charge in [0.25, 0.3) is 0 Å². The molecular weight excluding hydrogens is 593 g/mol. The quantitative estimate of drug-likeness (QED) is 0.136. The molecule has 0 aliphatic carbocycles. The predicted octanol–water partition coefficient (Wildman–Crippen LogP) is 11.4. The first kappa shape index (κ1) is 27.5. The largest absolute Gasteiger partial charge is 0.209 e. The summed E-state index contributed by atoms with van der Waals surface area (Å²) in [5.41, 5.74) is 9.38. The van der Waals surface area contributed by atoms with Gasteiger partial charge in [0, 0.05) is 32.7 Å². The second kappa shape index (κ2) is 11.7. The SMILES string of the molecule is [Y].[c-]1ccccc1-c1[c-]c(-c2c3ccccc3c(-c3ccc(-c4cccc5ccccc45)cc3)c3ccccc23)ccc1. The van der Waals surface area contributed by atoms with E-state index < -0.39 is 0 Å². The summed E-state index contributed by atoms with van der Waals surface area (Å²) in [6, 6.07) is 63.5. The van der Waals surface area contributed by atoms with E-state index >= 15 is 0 Å². The van der Waals surface area contributed by atoms with Crippen LogP contribution in [0.1, 0.15) is 0 Å². The first-order valence-electron chi connectivity index (χ1n) is 14.4. The van der Waals surface area contributed by atoms with E-state index in [-0.39, 0.29) is 32.7 Å². The van der Waals surface area contributed by atoms with E-state index in [0.29, 0.717) is 0 Å². The Labute approximate surface area is 277 Å². The minimum absolute atomic E-state index is 0. The van der Waals surface area contributed by atoms with E-state index in [1.807, 2.05) is 12.1 Å². The van der Waals surface area contributed by atoms with E-state index in [2.05, 4.69) is 158 Å². The van der Waals surface area contributed by atoms with Gasteiger partial charge in [0.15, 0.2) is 0 Å². The molecule has 8 aromatic carbocycles. The first-order valence-corrected chi connectivity index (χ1v) is 14.4. The third-order valence-corrected chi connectivity index (χ3v) is 8.27. The molecular formula is C42H26Y-2. The number of hydrogen-bond donors (Lipinski definition) is 0. The molecule has 0 amide bonds. The standard InChI is InChI=1S/C42H26.Y/c1-2-12-29(13-3-1)33-16-10-17-34(28-33)42-39-21-8-6-19-37(39)41(38-20-7-9-22-40(38)42)32-26-24-31(25-27-32)36-23-11-15-30-14-4-5-18-35(30)36;/h1-12,14-27H;/q-2;. The molecule has 0 aromatic heterocycles. The zero-order chi connectivity index (χ0) is 27.9. The van der Waals surface area contributed by atoms with Crippen molar-refractivity contribution in [2.45, 2.75) is 0 Å². The van der Waals surface area contributed by atoms with Gasteiger partial charge >= 0.3 is 0 Å². The van der Waals surface area contributed by atoms with Crippen LogP contribution in [-0.2, 0) is 32.7 Å². The molecule has 0 fully saturated rings. The van der Waals surface area contributed by atoms with Crippen LogP contribution in [0.15, 0.2) is 158 Å². The molecule has 0 spiro atoms. The molecule has 0 nitrogen and oxygen atoms in total. The Kier molecular flexibility index (Phi) is 7.50. The molecule has 0 unspecified atom stereocenters. The van der Waals surface area contributed by atoms with Crippen LogP contribution < -0.4 is 0 Å². The Morgan fingerprint density at radius 3 is 1.53 bits per heavy atom. The second-order valence-electron chi connectivity index (χ2n) is 10.7. The zero-order valence-electron chi connectivity index (χ0n) is 23.6. The third kappa shape index (κ3) is 4.92. The van der Waals surface area contributed by atoms with Crippen molar-refractivity contribution >= 4 is 32.3 Å². The van der Waals surface area contributed by atoms with Crippen LogP contribution in [0.2, 0.25) is 0 Å². The minimum Gasteiger partial charge on any atom is -0.209 e. The van der Waals surface area contributed by atoms with Gasteiger partial charge in [0.1, 0.15) is 0 Å². The van der Waals surface area contributed by atoms with Gasteiger partial charge in [-0.3, -0.25) is 0 Å². The molecule has 8 aromatic rings. The maximum Gasteiger partial charge on any atom is 0 e. The minimum atomic E-state index is 0. The maximum absolute atomic E-state index is 3.73. The Hall–Kier alpha value is -4.36. The normalized spacial score (nSPS) is 11.1. The average Bonchev–Trinajstić information content (AvgIpc) is 3.07. The predicted molar refractivity (Wildman–Crippen MR) is 178 cm³/mol. The van der Waals surface area contributed by atoms with Gasteiger partial charge in [-0.2, -0.15) is 42.0 Å². The van der Waals surface area contributed by atoms with Gasteiger partial charge in [0.2, 0.25) is 0 Å². The fourth-order valence-electron chi connectivity index (χ4n) is 6.36. The first-order chi connectivity index (χ1) is 20.8. The fraction of sp³-hybridized carbons (Fsp3) is 0. The number of fused-ring (bicyclic) bond motifs is 3. The van der Waals surface area contributed by atoms with Crippen molar-refractivity contribution in [2.75, 3.05) is 0 Å². The van der Waals surface area contributed by atoms with E-state index in [1.54, 1.807) is 0 Å². The Bertz CT molecular complexity index is 2170. The molecule has 0 heterocycles.